The second-order valence-electron chi connectivity index (χ2n) is 5.38. The van der Waals surface area contributed by atoms with Crippen LogP contribution in [0, 0.1) is 19.7 Å². The van der Waals surface area contributed by atoms with Gasteiger partial charge in [-0.1, -0.05) is 0 Å². The minimum atomic E-state index is -0.286. The van der Waals surface area contributed by atoms with E-state index in [0.29, 0.717) is 4.91 Å². The molecule has 23 heavy (non-hydrogen) atoms. The van der Waals surface area contributed by atoms with Crippen LogP contribution in [0.25, 0.3) is 11.8 Å². The Morgan fingerprint density at radius 1 is 1.13 bits per heavy atom. The zero-order chi connectivity index (χ0) is 16.7. The molecule has 2 amide bonds. The lowest BCUT2D eigenvalue weighted by atomic mass is 10.2. The summed E-state index contributed by atoms with van der Waals surface area (Å²) >= 11 is 0.938. The number of halogens is 1. The first-order valence-corrected chi connectivity index (χ1v) is 7.86. The number of imide groups is 1. The number of nitrogens with zero attached hydrogens (tertiary/aromatic N) is 2. The van der Waals surface area contributed by atoms with Crippen molar-refractivity contribution in [2.24, 2.45) is 0 Å². The molecule has 1 fully saturated rings. The van der Waals surface area contributed by atoms with Crippen molar-refractivity contribution in [1.82, 2.24) is 9.47 Å². The maximum Gasteiger partial charge on any atom is 0.293 e. The van der Waals surface area contributed by atoms with Crippen molar-refractivity contribution in [1.29, 1.82) is 0 Å². The predicted molar refractivity (Wildman–Crippen MR) is 88.9 cm³/mol. The third-order valence-corrected chi connectivity index (χ3v) is 4.79. The number of aromatic nitrogens is 1. The van der Waals surface area contributed by atoms with Gasteiger partial charge in [0, 0.05) is 24.1 Å². The van der Waals surface area contributed by atoms with Crippen molar-refractivity contribution >= 4 is 29.0 Å². The number of hydrogen-bond acceptors (Lipinski definition) is 3. The highest BCUT2D eigenvalue weighted by Gasteiger charge is 2.32. The second kappa shape index (κ2) is 5.70. The number of aryl methyl sites for hydroxylation is 1. The summed E-state index contributed by atoms with van der Waals surface area (Å²) in [5.74, 6) is -0.570. The Kier molecular flexibility index (Phi) is 3.85. The highest BCUT2D eigenvalue weighted by Crippen LogP contribution is 2.32. The number of rotatable bonds is 2. The Hall–Kier alpha value is -2.34. The Balaban J connectivity index is 2.03. The van der Waals surface area contributed by atoms with Gasteiger partial charge in [-0.25, -0.2) is 4.39 Å². The number of thioether (sulfide) groups is 1. The van der Waals surface area contributed by atoms with Gasteiger partial charge >= 0.3 is 0 Å². The minimum absolute atomic E-state index is 0.270. The van der Waals surface area contributed by atoms with Crippen molar-refractivity contribution in [3.05, 3.63) is 58.0 Å². The van der Waals surface area contributed by atoms with Crippen LogP contribution < -0.4 is 0 Å². The molecule has 0 bridgehead atoms. The lowest BCUT2D eigenvalue weighted by Gasteiger charge is -2.09. The van der Waals surface area contributed by atoms with Gasteiger partial charge < -0.3 is 4.57 Å². The molecule has 1 aliphatic rings. The maximum absolute atomic E-state index is 13.1. The van der Waals surface area contributed by atoms with E-state index in [1.54, 1.807) is 18.2 Å². The van der Waals surface area contributed by atoms with E-state index in [9.17, 15) is 14.0 Å². The summed E-state index contributed by atoms with van der Waals surface area (Å²) in [6.45, 7) is 3.87. The summed E-state index contributed by atoms with van der Waals surface area (Å²) in [6.07, 6.45) is 1.73. The molecule has 1 aromatic carbocycles. The average Bonchev–Trinajstić information content (AvgIpc) is 2.92. The van der Waals surface area contributed by atoms with Crippen molar-refractivity contribution in [3.8, 4) is 5.69 Å². The number of hydrogen-bond donors (Lipinski definition) is 0. The summed E-state index contributed by atoms with van der Waals surface area (Å²) in [5.41, 5.74) is 3.61. The SMILES string of the molecule is Cc1cc(/C=C2/SC(=O)N(C)C2=O)c(C)n1-c1ccc(F)cc1. The van der Waals surface area contributed by atoms with Crippen LogP contribution in [-0.4, -0.2) is 27.7 Å². The summed E-state index contributed by atoms with van der Waals surface area (Å²) in [5, 5.41) is -0.270. The van der Waals surface area contributed by atoms with E-state index >= 15 is 0 Å². The van der Waals surface area contributed by atoms with Crippen LogP contribution in [-0.2, 0) is 4.79 Å². The molecule has 2 aromatic rings. The third kappa shape index (κ3) is 2.70. The summed E-state index contributed by atoms with van der Waals surface area (Å²) in [6, 6.07) is 8.19. The fourth-order valence-corrected chi connectivity index (χ4v) is 3.43. The van der Waals surface area contributed by atoms with Gasteiger partial charge in [-0.05, 0) is 67.6 Å². The molecule has 1 aromatic heterocycles. The Labute approximate surface area is 137 Å². The average molecular weight is 330 g/mol. The highest BCUT2D eigenvalue weighted by atomic mass is 32.2. The Morgan fingerprint density at radius 2 is 1.78 bits per heavy atom. The number of benzene rings is 1. The van der Waals surface area contributed by atoms with E-state index < -0.39 is 0 Å². The monoisotopic (exact) mass is 330 g/mol. The molecule has 0 saturated carbocycles. The van der Waals surface area contributed by atoms with Crippen molar-refractivity contribution in [3.63, 3.8) is 0 Å². The van der Waals surface area contributed by atoms with Crippen molar-refractivity contribution in [2.75, 3.05) is 7.05 Å². The first-order chi connectivity index (χ1) is 10.9. The molecule has 1 aliphatic heterocycles. The van der Waals surface area contributed by atoms with Crippen molar-refractivity contribution in [2.45, 2.75) is 13.8 Å². The quantitative estimate of drug-likeness (QED) is 0.784. The molecule has 0 aliphatic carbocycles. The normalized spacial score (nSPS) is 16.7. The van der Waals surface area contributed by atoms with Gasteiger partial charge in [0.25, 0.3) is 11.1 Å². The van der Waals surface area contributed by atoms with Gasteiger partial charge in [0.1, 0.15) is 5.82 Å². The lowest BCUT2D eigenvalue weighted by Crippen LogP contribution is -2.22. The first kappa shape index (κ1) is 15.6. The fraction of sp³-hybridized carbons (Fsp3) is 0.176. The molecule has 2 heterocycles. The molecule has 0 unspecified atom stereocenters. The summed E-state index contributed by atoms with van der Waals surface area (Å²) in [7, 11) is 1.47. The van der Waals surface area contributed by atoms with E-state index in [1.165, 1.54) is 19.2 Å². The number of carbonyl (C=O) groups is 2. The molecule has 0 radical (unpaired) electrons. The van der Waals surface area contributed by atoms with Gasteiger partial charge in [-0.15, -0.1) is 0 Å². The molecule has 1 saturated heterocycles. The smallest absolute Gasteiger partial charge is 0.293 e. The second-order valence-corrected chi connectivity index (χ2v) is 6.37. The number of amides is 2. The maximum atomic E-state index is 13.1. The van der Waals surface area contributed by atoms with E-state index in [-0.39, 0.29) is 17.0 Å². The molecule has 0 spiro atoms. The fourth-order valence-electron chi connectivity index (χ4n) is 2.61. The highest BCUT2D eigenvalue weighted by molar-refractivity contribution is 8.18. The van der Waals surface area contributed by atoms with Gasteiger partial charge in [-0.3, -0.25) is 14.5 Å². The molecule has 3 rings (SSSR count). The van der Waals surface area contributed by atoms with Crippen LogP contribution in [0.1, 0.15) is 17.0 Å². The van der Waals surface area contributed by atoms with Gasteiger partial charge in [0.2, 0.25) is 0 Å². The molecule has 0 atom stereocenters. The molecular weight excluding hydrogens is 315 g/mol. The van der Waals surface area contributed by atoms with Crippen LogP contribution in [0.5, 0.6) is 0 Å². The topological polar surface area (TPSA) is 42.3 Å². The van der Waals surface area contributed by atoms with E-state index in [1.807, 2.05) is 24.5 Å². The van der Waals surface area contributed by atoms with Gasteiger partial charge in [0.15, 0.2) is 0 Å². The van der Waals surface area contributed by atoms with E-state index in [2.05, 4.69) is 0 Å². The van der Waals surface area contributed by atoms with Gasteiger partial charge in [0.05, 0.1) is 4.91 Å². The Morgan fingerprint density at radius 3 is 2.35 bits per heavy atom. The lowest BCUT2D eigenvalue weighted by molar-refractivity contribution is -0.121. The van der Waals surface area contributed by atoms with Crippen LogP contribution in [0.2, 0.25) is 0 Å². The van der Waals surface area contributed by atoms with E-state index in [4.69, 9.17) is 0 Å². The van der Waals surface area contributed by atoms with Gasteiger partial charge in [-0.2, -0.15) is 0 Å². The van der Waals surface area contributed by atoms with Crippen LogP contribution >= 0.6 is 11.8 Å². The largest absolute Gasteiger partial charge is 0.318 e. The standard InChI is InChI=1S/C17H15FN2O2S/c1-10-8-12(9-15-16(21)19(3)17(22)23-15)11(2)20(10)14-6-4-13(18)5-7-14/h4-9H,1-3H3/b15-9+. The summed E-state index contributed by atoms with van der Waals surface area (Å²) in [4.78, 5) is 25.1. The number of carbonyl (C=O) groups excluding carboxylic acids is 2. The molecular formula is C17H15FN2O2S. The molecule has 0 N–H and O–H groups in total. The summed E-state index contributed by atoms with van der Waals surface area (Å²) < 4.78 is 15.1. The molecule has 4 nitrogen and oxygen atoms in total. The molecule has 118 valence electrons. The van der Waals surface area contributed by atoms with Crippen LogP contribution in [0.15, 0.2) is 35.2 Å². The molecule has 6 heteroatoms. The first-order valence-electron chi connectivity index (χ1n) is 7.05. The zero-order valence-corrected chi connectivity index (χ0v) is 13.8. The predicted octanol–water partition coefficient (Wildman–Crippen LogP) is 3.90. The van der Waals surface area contributed by atoms with E-state index in [0.717, 1.165) is 39.3 Å². The zero-order valence-electron chi connectivity index (χ0n) is 13.0. The minimum Gasteiger partial charge on any atom is -0.318 e. The Bertz CT molecular complexity index is 837. The van der Waals surface area contributed by atoms with Crippen LogP contribution in [0.3, 0.4) is 0 Å². The van der Waals surface area contributed by atoms with Crippen molar-refractivity contribution < 1.29 is 14.0 Å². The third-order valence-electron chi connectivity index (χ3n) is 3.83. The van der Waals surface area contributed by atoms with Crippen LogP contribution in [0.4, 0.5) is 9.18 Å². The number of likely N-dealkylation sites (N-methyl/N-ethyl adjacent to an activating group) is 1.